The van der Waals surface area contributed by atoms with Crippen LogP contribution in [0.15, 0.2) is 59.0 Å². The summed E-state index contributed by atoms with van der Waals surface area (Å²) in [6, 6.07) is 8.65. The van der Waals surface area contributed by atoms with E-state index in [-0.39, 0.29) is 0 Å². The number of pyridine rings is 2. The first-order valence-electron chi connectivity index (χ1n) is 14.6. The number of nitrogens with zero attached hydrogens (tertiary/aromatic N) is 4. The summed E-state index contributed by atoms with van der Waals surface area (Å²) in [6.45, 7) is 8.67. The van der Waals surface area contributed by atoms with E-state index in [1.54, 1.807) is 0 Å². The second kappa shape index (κ2) is 20.1. The Balaban J connectivity index is 1.46. The van der Waals surface area contributed by atoms with Crippen LogP contribution in [0.2, 0.25) is 0 Å². The summed E-state index contributed by atoms with van der Waals surface area (Å²) in [5, 5.41) is 2.25. The van der Waals surface area contributed by atoms with Gasteiger partial charge in [0.2, 0.25) is 0 Å². The molecule has 0 aliphatic rings. The van der Waals surface area contributed by atoms with Gasteiger partial charge in [-0.25, -0.2) is 0 Å². The topological polar surface area (TPSA) is 34.6 Å². The van der Waals surface area contributed by atoms with Gasteiger partial charge in [-0.1, -0.05) is 84.5 Å². The average Bonchev–Trinajstić information content (AvgIpc) is 2.89. The second-order valence-corrected chi connectivity index (χ2v) is 9.95. The number of hydrogen-bond donors (Lipinski definition) is 0. The number of aryl methyl sites for hydroxylation is 2. The molecular weight excluding hydrogens is 428 g/mol. The highest BCUT2D eigenvalue weighted by Gasteiger charge is 1.95. The largest absolute Gasteiger partial charge is 0.354 e. The molecule has 0 unspecified atom stereocenters. The minimum Gasteiger partial charge on any atom is -0.354 e. The molecule has 2 heterocycles. The summed E-state index contributed by atoms with van der Waals surface area (Å²) >= 11 is 0. The quantitative estimate of drug-likeness (QED) is 0.174. The van der Waals surface area contributed by atoms with Gasteiger partial charge in [0.1, 0.15) is 0 Å². The summed E-state index contributed by atoms with van der Waals surface area (Å²) in [7, 11) is 0. The van der Waals surface area contributed by atoms with E-state index in [1.165, 1.54) is 96.3 Å². The summed E-state index contributed by atoms with van der Waals surface area (Å²) in [5.41, 5.74) is 0. The summed E-state index contributed by atoms with van der Waals surface area (Å²) in [4.78, 5) is 9.37. The van der Waals surface area contributed by atoms with Crippen LogP contribution in [-0.4, -0.2) is 22.2 Å². The lowest BCUT2D eigenvalue weighted by atomic mass is 10.1. The number of aromatic nitrogens is 2. The molecule has 0 bridgehead atoms. The monoisotopic (exact) mass is 480 g/mol. The van der Waals surface area contributed by atoms with E-state index in [9.17, 15) is 0 Å². The minimum atomic E-state index is 0.963. The fourth-order valence-corrected chi connectivity index (χ4v) is 4.37. The maximum Gasteiger partial charge on any atom is 0.0603 e. The van der Waals surface area contributed by atoms with Crippen molar-refractivity contribution in [2.24, 2.45) is 9.98 Å². The predicted molar refractivity (Wildman–Crippen MR) is 150 cm³/mol. The van der Waals surface area contributed by atoms with Crippen molar-refractivity contribution in [3.8, 4) is 0 Å². The third-order valence-electron chi connectivity index (χ3n) is 6.69. The van der Waals surface area contributed by atoms with E-state index in [0.717, 1.165) is 36.9 Å². The van der Waals surface area contributed by atoms with E-state index in [1.807, 2.05) is 0 Å². The molecule has 0 N–H and O–H groups in total. The molecule has 0 aromatic carbocycles. The normalized spacial score (nSPS) is 11.0. The van der Waals surface area contributed by atoms with Crippen molar-refractivity contribution in [3.63, 3.8) is 0 Å². The lowest BCUT2D eigenvalue weighted by Gasteiger charge is -2.07. The Morgan fingerprint density at radius 3 is 1.17 bits per heavy atom. The molecule has 35 heavy (non-hydrogen) atoms. The molecule has 0 spiro atoms. The van der Waals surface area contributed by atoms with E-state index in [0.29, 0.717) is 0 Å². The van der Waals surface area contributed by atoms with Gasteiger partial charge in [0.25, 0.3) is 0 Å². The lowest BCUT2D eigenvalue weighted by Crippen LogP contribution is -2.07. The molecule has 2 rings (SSSR count). The van der Waals surface area contributed by atoms with Gasteiger partial charge < -0.3 is 9.13 Å². The average molecular weight is 481 g/mol. The van der Waals surface area contributed by atoms with Crippen molar-refractivity contribution in [2.45, 2.75) is 123 Å². The Bertz CT molecular complexity index is 779. The molecule has 0 amide bonds. The zero-order valence-corrected chi connectivity index (χ0v) is 22.8. The van der Waals surface area contributed by atoms with Crippen LogP contribution in [-0.2, 0) is 13.1 Å². The van der Waals surface area contributed by atoms with Crippen LogP contribution < -0.4 is 10.7 Å². The van der Waals surface area contributed by atoms with Crippen LogP contribution in [0.1, 0.15) is 110 Å². The van der Waals surface area contributed by atoms with Gasteiger partial charge in [-0.05, 0) is 49.9 Å². The molecule has 2 aromatic rings. The van der Waals surface area contributed by atoms with Gasteiger partial charge >= 0.3 is 0 Å². The van der Waals surface area contributed by atoms with Gasteiger partial charge in [-0.2, -0.15) is 0 Å². The highest BCUT2D eigenvalue weighted by molar-refractivity contribution is 4.94. The van der Waals surface area contributed by atoms with Crippen LogP contribution in [0.3, 0.4) is 0 Å². The molecule has 0 aliphatic carbocycles. The molecule has 0 aliphatic heterocycles. The Morgan fingerprint density at radius 2 is 0.800 bits per heavy atom. The minimum absolute atomic E-state index is 0.963. The van der Waals surface area contributed by atoms with Crippen molar-refractivity contribution in [2.75, 3.05) is 13.1 Å². The summed E-state index contributed by atoms with van der Waals surface area (Å²) in [5.74, 6) is 0. The smallest absolute Gasteiger partial charge is 0.0603 e. The summed E-state index contributed by atoms with van der Waals surface area (Å²) in [6.07, 6.45) is 28.3. The fraction of sp³-hybridized carbons (Fsp3) is 0.677. The Hall–Kier alpha value is -2.10. The fourth-order valence-electron chi connectivity index (χ4n) is 4.37. The Morgan fingerprint density at radius 1 is 0.457 bits per heavy atom. The molecule has 0 radical (unpaired) electrons. The maximum atomic E-state index is 4.69. The zero-order valence-electron chi connectivity index (χ0n) is 22.8. The van der Waals surface area contributed by atoms with Crippen LogP contribution >= 0.6 is 0 Å². The van der Waals surface area contributed by atoms with Crippen molar-refractivity contribution < 1.29 is 0 Å². The molecule has 0 fully saturated rings. The van der Waals surface area contributed by atoms with E-state index in [4.69, 9.17) is 0 Å². The van der Waals surface area contributed by atoms with Gasteiger partial charge in [0, 0.05) is 51.0 Å². The molecule has 4 heteroatoms. The number of hydrogen-bond acceptors (Lipinski definition) is 2. The van der Waals surface area contributed by atoms with Gasteiger partial charge in [-0.15, -0.1) is 0 Å². The molecule has 0 saturated carbocycles. The molecule has 0 atom stereocenters. The Labute approximate surface area is 215 Å². The molecule has 0 saturated heterocycles. The van der Waals surface area contributed by atoms with E-state index < -0.39 is 0 Å². The number of unbranched alkanes of at least 4 members (excludes halogenated alkanes) is 12. The van der Waals surface area contributed by atoms with Crippen LogP contribution in [0, 0.1) is 0 Å². The van der Waals surface area contributed by atoms with Gasteiger partial charge in [0.15, 0.2) is 0 Å². The third kappa shape index (κ3) is 14.8. The van der Waals surface area contributed by atoms with Crippen molar-refractivity contribution in [1.29, 1.82) is 0 Å². The first-order valence-corrected chi connectivity index (χ1v) is 14.6. The van der Waals surface area contributed by atoms with E-state index in [2.05, 4.69) is 82.0 Å². The van der Waals surface area contributed by atoms with Gasteiger partial charge in [0.05, 0.1) is 10.7 Å². The summed E-state index contributed by atoms with van der Waals surface area (Å²) < 4.78 is 4.61. The molecule has 2 aromatic heterocycles. The zero-order chi connectivity index (χ0) is 24.8. The Kier molecular flexibility index (Phi) is 16.8. The number of rotatable bonds is 20. The molecule has 196 valence electrons. The standard InChI is InChI=1S/C31H52N4/c1-3-5-7-14-22-32-30-18-26-34(27-19-30)24-16-12-10-9-11-13-17-25-35-28-20-31(21-29-35)33-23-15-8-6-4-2/h18-21,26-29H,3-17,22-25H2,1-2H3. The molecule has 4 nitrogen and oxygen atoms in total. The predicted octanol–water partition coefficient (Wildman–Crippen LogP) is 7.68. The lowest BCUT2D eigenvalue weighted by molar-refractivity contribution is 0.527. The van der Waals surface area contributed by atoms with Crippen molar-refractivity contribution >= 4 is 0 Å². The SMILES string of the molecule is CCCCCCN=c1ccn(CCCCCCCCCn2ccc(=NCCCCCC)cc2)cc1. The highest BCUT2D eigenvalue weighted by Crippen LogP contribution is 2.09. The maximum absolute atomic E-state index is 4.69. The first kappa shape index (κ1) is 29.1. The van der Waals surface area contributed by atoms with Crippen molar-refractivity contribution in [3.05, 3.63) is 59.8 Å². The van der Waals surface area contributed by atoms with E-state index >= 15 is 0 Å². The highest BCUT2D eigenvalue weighted by atomic mass is 14.9. The third-order valence-corrected chi connectivity index (χ3v) is 6.69. The van der Waals surface area contributed by atoms with Crippen LogP contribution in [0.5, 0.6) is 0 Å². The van der Waals surface area contributed by atoms with Crippen molar-refractivity contribution in [1.82, 2.24) is 9.13 Å². The second-order valence-electron chi connectivity index (χ2n) is 9.95. The van der Waals surface area contributed by atoms with Crippen LogP contribution in [0.25, 0.3) is 0 Å². The molecular formula is C31H52N4. The van der Waals surface area contributed by atoms with Crippen LogP contribution in [0.4, 0.5) is 0 Å². The first-order chi connectivity index (χ1) is 17.3. The van der Waals surface area contributed by atoms with Gasteiger partial charge in [-0.3, -0.25) is 9.98 Å².